The second-order valence-corrected chi connectivity index (χ2v) is 7.94. The molecule has 2 aromatic carbocycles. The van der Waals surface area contributed by atoms with Crippen LogP contribution in [0.25, 0.3) is 0 Å². The highest BCUT2D eigenvalue weighted by atomic mass is 16.2. The first-order valence-corrected chi connectivity index (χ1v) is 10.5. The average molecular weight is 379 g/mol. The molecule has 148 valence electrons. The monoisotopic (exact) mass is 378 g/mol. The molecule has 4 rings (SSSR count). The minimum absolute atomic E-state index is 0.209. The number of carbonyl (C=O) groups is 1. The van der Waals surface area contributed by atoms with Gasteiger partial charge in [0.15, 0.2) is 0 Å². The molecular formula is C23H30N4O. The first-order chi connectivity index (χ1) is 13.7. The van der Waals surface area contributed by atoms with Crippen LogP contribution in [0, 0.1) is 0 Å². The lowest BCUT2D eigenvalue weighted by Crippen LogP contribution is -2.20. The first-order valence-electron chi connectivity index (χ1n) is 10.5. The second-order valence-electron chi connectivity index (χ2n) is 7.94. The van der Waals surface area contributed by atoms with Gasteiger partial charge in [-0.2, -0.15) is 0 Å². The zero-order chi connectivity index (χ0) is 19.2. The number of rotatable bonds is 6. The fourth-order valence-corrected chi connectivity index (χ4v) is 4.08. The highest BCUT2D eigenvalue weighted by Crippen LogP contribution is 2.17. The molecule has 2 aliphatic rings. The van der Waals surface area contributed by atoms with E-state index in [0.717, 1.165) is 24.5 Å². The molecular weight excluding hydrogens is 348 g/mol. The molecule has 2 fully saturated rings. The van der Waals surface area contributed by atoms with Gasteiger partial charge in [0, 0.05) is 24.5 Å². The van der Waals surface area contributed by atoms with Crippen molar-refractivity contribution in [2.75, 3.05) is 36.8 Å². The number of urea groups is 1. The van der Waals surface area contributed by atoms with E-state index in [1.165, 1.54) is 63.0 Å². The third kappa shape index (κ3) is 5.33. The Kier molecular flexibility index (Phi) is 6.24. The van der Waals surface area contributed by atoms with Crippen LogP contribution in [0.5, 0.6) is 0 Å². The lowest BCUT2D eigenvalue weighted by molar-refractivity contribution is 0.262. The van der Waals surface area contributed by atoms with Gasteiger partial charge in [0.25, 0.3) is 0 Å². The van der Waals surface area contributed by atoms with Crippen LogP contribution in [0.1, 0.15) is 36.8 Å². The Morgan fingerprint density at radius 1 is 0.643 bits per heavy atom. The number of hydrogen-bond acceptors (Lipinski definition) is 3. The third-order valence-electron chi connectivity index (χ3n) is 5.63. The Hall–Kier alpha value is -2.37. The van der Waals surface area contributed by atoms with Gasteiger partial charge in [-0.15, -0.1) is 0 Å². The van der Waals surface area contributed by atoms with Gasteiger partial charge in [0.05, 0.1) is 0 Å². The predicted octanol–water partition coefficient (Wildman–Crippen LogP) is 4.52. The summed E-state index contributed by atoms with van der Waals surface area (Å²) in [6.45, 7) is 6.77. The van der Waals surface area contributed by atoms with Gasteiger partial charge in [0.2, 0.25) is 0 Å². The highest BCUT2D eigenvalue weighted by Gasteiger charge is 2.13. The molecule has 0 spiro atoms. The standard InChI is InChI=1S/C23H30N4O/c28-23(24-21-9-5-19(6-10-21)17-26-13-1-2-14-26)25-22-11-7-20(8-12-22)18-27-15-3-4-16-27/h5-12H,1-4,13-18H2,(H2,24,25,28). The van der Waals surface area contributed by atoms with Crippen LogP contribution < -0.4 is 10.6 Å². The molecule has 2 aromatic rings. The maximum Gasteiger partial charge on any atom is 0.323 e. The van der Waals surface area contributed by atoms with Crippen LogP contribution in [-0.4, -0.2) is 42.0 Å². The zero-order valence-corrected chi connectivity index (χ0v) is 16.5. The molecule has 2 aliphatic heterocycles. The average Bonchev–Trinajstić information content (AvgIpc) is 3.39. The fraction of sp³-hybridized carbons (Fsp3) is 0.435. The summed E-state index contributed by atoms with van der Waals surface area (Å²) in [7, 11) is 0. The smallest absolute Gasteiger partial charge is 0.308 e. The molecule has 2 amide bonds. The summed E-state index contributed by atoms with van der Waals surface area (Å²) in [6.07, 6.45) is 5.22. The maximum atomic E-state index is 12.3. The van der Waals surface area contributed by atoms with Crippen molar-refractivity contribution >= 4 is 17.4 Å². The molecule has 5 nitrogen and oxygen atoms in total. The summed E-state index contributed by atoms with van der Waals surface area (Å²) >= 11 is 0. The molecule has 2 saturated heterocycles. The van der Waals surface area contributed by atoms with Crippen LogP contribution in [0.2, 0.25) is 0 Å². The molecule has 2 N–H and O–H groups in total. The third-order valence-corrected chi connectivity index (χ3v) is 5.63. The molecule has 0 atom stereocenters. The van der Waals surface area contributed by atoms with E-state index in [9.17, 15) is 4.79 Å². The Balaban J connectivity index is 1.25. The molecule has 0 aliphatic carbocycles. The van der Waals surface area contributed by atoms with Crippen LogP contribution >= 0.6 is 0 Å². The SMILES string of the molecule is O=C(Nc1ccc(CN2CCCC2)cc1)Nc1ccc(CN2CCCC2)cc1. The van der Waals surface area contributed by atoms with E-state index in [-0.39, 0.29) is 6.03 Å². The normalized spacial score (nSPS) is 17.7. The van der Waals surface area contributed by atoms with E-state index in [1.54, 1.807) is 0 Å². The van der Waals surface area contributed by atoms with Gasteiger partial charge in [0.1, 0.15) is 0 Å². The van der Waals surface area contributed by atoms with Crippen molar-refractivity contribution in [3.05, 3.63) is 59.7 Å². The molecule has 5 heteroatoms. The van der Waals surface area contributed by atoms with Crippen molar-refractivity contribution in [3.63, 3.8) is 0 Å². The van der Waals surface area contributed by atoms with Crippen molar-refractivity contribution < 1.29 is 4.79 Å². The summed E-state index contributed by atoms with van der Waals surface area (Å²) in [4.78, 5) is 17.2. The number of nitrogens with zero attached hydrogens (tertiary/aromatic N) is 2. The largest absolute Gasteiger partial charge is 0.323 e. The molecule has 0 unspecified atom stereocenters. The molecule has 2 heterocycles. The Morgan fingerprint density at radius 2 is 1.00 bits per heavy atom. The zero-order valence-electron chi connectivity index (χ0n) is 16.5. The van der Waals surface area contributed by atoms with Gasteiger partial charge in [-0.3, -0.25) is 9.80 Å². The number of anilines is 2. The van der Waals surface area contributed by atoms with Crippen molar-refractivity contribution in [1.82, 2.24) is 9.80 Å². The minimum atomic E-state index is -0.209. The van der Waals surface area contributed by atoms with Gasteiger partial charge >= 0.3 is 6.03 Å². The lowest BCUT2D eigenvalue weighted by Gasteiger charge is -2.15. The van der Waals surface area contributed by atoms with Crippen molar-refractivity contribution in [3.8, 4) is 0 Å². The topological polar surface area (TPSA) is 47.6 Å². The second kappa shape index (κ2) is 9.22. The van der Waals surface area contributed by atoms with E-state index >= 15 is 0 Å². The predicted molar refractivity (Wildman–Crippen MR) is 115 cm³/mol. The quantitative estimate of drug-likeness (QED) is 0.777. The van der Waals surface area contributed by atoms with Crippen LogP contribution in [0.4, 0.5) is 16.2 Å². The summed E-state index contributed by atoms with van der Waals surface area (Å²) in [6, 6.07) is 16.1. The number of hydrogen-bond donors (Lipinski definition) is 2. The van der Waals surface area contributed by atoms with Crippen molar-refractivity contribution in [2.45, 2.75) is 38.8 Å². The molecule has 0 radical (unpaired) electrons. The van der Waals surface area contributed by atoms with Gasteiger partial charge in [-0.1, -0.05) is 24.3 Å². The van der Waals surface area contributed by atoms with Gasteiger partial charge < -0.3 is 10.6 Å². The van der Waals surface area contributed by atoms with E-state index < -0.39 is 0 Å². The highest BCUT2D eigenvalue weighted by molar-refractivity contribution is 5.99. The fourth-order valence-electron chi connectivity index (χ4n) is 4.08. The van der Waals surface area contributed by atoms with E-state index in [4.69, 9.17) is 0 Å². The number of likely N-dealkylation sites (tertiary alicyclic amines) is 2. The lowest BCUT2D eigenvalue weighted by atomic mass is 10.2. The van der Waals surface area contributed by atoms with Crippen LogP contribution in [0.15, 0.2) is 48.5 Å². The Labute approximate surface area is 167 Å². The summed E-state index contributed by atoms with van der Waals surface area (Å²) in [5.74, 6) is 0. The van der Waals surface area contributed by atoms with Crippen molar-refractivity contribution in [2.24, 2.45) is 0 Å². The number of amides is 2. The first kappa shape index (κ1) is 19.0. The van der Waals surface area contributed by atoms with E-state index in [1.807, 2.05) is 24.3 Å². The Morgan fingerprint density at radius 3 is 1.36 bits per heavy atom. The van der Waals surface area contributed by atoms with E-state index in [2.05, 4.69) is 44.7 Å². The van der Waals surface area contributed by atoms with Gasteiger partial charge in [-0.25, -0.2) is 4.79 Å². The minimum Gasteiger partial charge on any atom is -0.308 e. The maximum absolute atomic E-state index is 12.3. The number of nitrogens with one attached hydrogen (secondary N) is 2. The van der Waals surface area contributed by atoms with Crippen LogP contribution in [-0.2, 0) is 13.1 Å². The van der Waals surface area contributed by atoms with Crippen LogP contribution in [0.3, 0.4) is 0 Å². The molecule has 28 heavy (non-hydrogen) atoms. The van der Waals surface area contributed by atoms with E-state index in [0.29, 0.717) is 0 Å². The number of benzene rings is 2. The molecule has 0 bridgehead atoms. The number of carbonyl (C=O) groups excluding carboxylic acids is 1. The molecule has 0 aromatic heterocycles. The summed E-state index contributed by atoms with van der Waals surface area (Å²) in [5.41, 5.74) is 4.21. The Bertz CT molecular complexity index is 695. The summed E-state index contributed by atoms with van der Waals surface area (Å²) < 4.78 is 0. The summed E-state index contributed by atoms with van der Waals surface area (Å²) in [5, 5.41) is 5.83. The van der Waals surface area contributed by atoms with Crippen molar-refractivity contribution in [1.29, 1.82) is 0 Å². The van der Waals surface area contributed by atoms with Gasteiger partial charge in [-0.05, 0) is 87.3 Å². The molecule has 0 saturated carbocycles.